The molecule has 1 saturated heterocycles. The Kier molecular flexibility index (Phi) is 5.72. The summed E-state index contributed by atoms with van der Waals surface area (Å²) in [6, 6.07) is 15.4. The second kappa shape index (κ2) is 8.32. The molecule has 162 valence electrons. The van der Waals surface area contributed by atoms with Crippen molar-refractivity contribution in [2.24, 2.45) is 0 Å². The molecule has 7 nitrogen and oxygen atoms in total. The van der Waals surface area contributed by atoms with Gasteiger partial charge in [0.15, 0.2) is 5.11 Å². The molecule has 0 spiro atoms. The number of nitrogens with zero attached hydrogens (tertiary/aromatic N) is 3. The first-order valence-electron chi connectivity index (χ1n) is 10.0. The SMILES string of the molecule is CCn1cccc1[C@@H]1[C@@H](c2ccccn2)NC(=S)N1c1ccc(NS(C)(=O)=O)c(C)c1. The van der Waals surface area contributed by atoms with E-state index in [2.05, 4.69) is 43.7 Å². The summed E-state index contributed by atoms with van der Waals surface area (Å²) in [7, 11) is -3.36. The number of pyridine rings is 1. The lowest BCUT2D eigenvalue weighted by Crippen LogP contribution is -2.30. The Bertz CT molecular complexity index is 1210. The van der Waals surface area contributed by atoms with Crippen LogP contribution in [0.15, 0.2) is 60.9 Å². The number of benzene rings is 1. The van der Waals surface area contributed by atoms with Crippen molar-refractivity contribution in [2.45, 2.75) is 32.5 Å². The summed E-state index contributed by atoms with van der Waals surface area (Å²) in [6.45, 7) is 4.83. The van der Waals surface area contributed by atoms with Gasteiger partial charge in [0.2, 0.25) is 10.0 Å². The number of hydrogen-bond donors (Lipinski definition) is 2. The molecule has 3 aromatic rings. The Morgan fingerprint density at radius 3 is 2.65 bits per heavy atom. The van der Waals surface area contributed by atoms with Crippen molar-refractivity contribution in [3.05, 3.63) is 77.9 Å². The van der Waals surface area contributed by atoms with Gasteiger partial charge in [0.05, 0.1) is 23.7 Å². The second-order valence-corrected chi connectivity index (χ2v) is 9.72. The Morgan fingerprint density at radius 2 is 2.00 bits per heavy atom. The molecule has 0 amide bonds. The van der Waals surface area contributed by atoms with Gasteiger partial charge in [-0.2, -0.15) is 0 Å². The van der Waals surface area contributed by atoms with Gasteiger partial charge in [0, 0.05) is 30.3 Å². The van der Waals surface area contributed by atoms with E-state index in [0.717, 1.165) is 35.4 Å². The van der Waals surface area contributed by atoms with E-state index in [0.29, 0.717) is 10.8 Å². The molecule has 1 aliphatic rings. The maximum Gasteiger partial charge on any atom is 0.229 e. The van der Waals surface area contributed by atoms with E-state index in [-0.39, 0.29) is 12.1 Å². The lowest BCUT2D eigenvalue weighted by Gasteiger charge is -2.29. The Labute approximate surface area is 188 Å². The van der Waals surface area contributed by atoms with Crippen molar-refractivity contribution in [2.75, 3.05) is 15.9 Å². The van der Waals surface area contributed by atoms with Crippen molar-refractivity contribution >= 4 is 38.7 Å². The minimum atomic E-state index is -3.36. The Hall–Kier alpha value is -2.91. The molecule has 2 atom stereocenters. The van der Waals surface area contributed by atoms with Gasteiger partial charge >= 0.3 is 0 Å². The van der Waals surface area contributed by atoms with E-state index in [1.807, 2.05) is 43.3 Å². The smallest absolute Gasteiger partial charge is 0.229 e. The van der Waals surface area contributed by atoms with E-state index in [4.69, 9.17) is 12.2 Å². The van der Waals surface area contributed by atoms with Gasteiger partial charge in [0.1, 0.15) is 6.04 Å². The number of aromatic nitrogens is 2. The predicted octanol–water partition coefficient (Wildman–Crippen LogP) is 3.76. The van der Waals surface area contributed by atoms with E-state index < -0.39 is 10.0 Å². The molecule has 31 heavy (non-hydrogen) atoms. The highest BCUT2D eigenvalue weighted by molar-refractivity contribution is 7.92. The molecule has 1 aromatic carbocycles. The topological polar surface area (TPSA) is 79.3 Å². The average Bonchev–Trinajstić information content (AvgIpc) is 3.33. The molecular weight excluding hydrogens is 430 g/mol. The van der Waals surface area contributed by atoms with Gasteiger partial charge in [-0.25, -0.2) is 8.42 Å². The predicted molar refractivity (Wildman–Crippen MR) is 128 cm³/mol. The highest BCUT2D eigenvalue weighted by Gasteiger charge is 2.42. The van der Waals surface area contributed by atoms with E-state index in [1.165, 1.54) is 0 Å². The van der Waals surface area contributed by atoms with Crippen LogP contribution >= 0.6 is 12.2 Å². The quantitative estimate of drug-likeness (QED) is 0.551. The zero-order valence-corrected chi connectivity index (χ0v) is 19.2. The summed E-state index contributed by atoms with van der Waals surface area (Å²) in [4.78, 5) is 6.67. The van der Waals surface area contributed by atoms with Crippen LogP contribution < -0.4 is 14.9 Å². The number of aryl methyl sites for hydroxylation is 2. The van der Waals surface area contributed by atoms with E-state index in [1.54, 1.807) is 12.3 Å². The molecule has 4 rings (SSSR count). The zero-order valence-electron chi connectivity index (χ0n) is 17.6. The summed E-state index contributed by atoms with van der Waals surface area (Å²) >= 11 is 5.76. The molecule has 1 aliphatic heterocycles. The molecule has 0 aliphatic carbocycles. The van der Waals surface area contributed by atoms with Crippen LogP contribution in [0.1, 0.15) is 36.0 Å². The van der Waals surface area contributed by atoms with Crippen LogP contribution in [0, 0.1) is 6.92 Å². The third kappa shape index (κ3) is 4.28. The summed E-state index contributed by atoms with van der Waals surface area (Å²) < 4.78 is 28.1. The number of sulfonamides is 1. The fourth-order valence-corrected chi connectivity index (χ4v) is 5.00. The molecule has 2 N–H and O–H groups in total. The number of anilines is 2. The molecule has 0 unspecified atom stereocenters. The van der Waals surface area contributed by atoms with Crippen LogP contribution in [0.25, 0.3) is 0 Å². The minimum Gasteiger partial charge on any atom is -0.351 e. The third-order valence-corrected chi connectivity index (χ3v) is 6.30. The van der Waals surface area contributed by atoms with Gasteiger partial charge in [-0.15, -0.1) is 0 Å². The van der Waals surface area contributed by atoms with Crippen molar-refractivity contribution in [1.29, 1.82) is 0 Å². The standard InChI is InChI=1S/C22H25N5O2S2/c1-4-26-13-7-9-19(26)21-20(18-8-5-6-12-23-18)24-22(30)27(21)16-10-11-17(15(2)14-16)25-31(3,28)29/h5-14,20-21,25H,4H2,1-3H3,(H,24,30)/t20-,21-/m1/s1. The first-order valence-corrected chi connectivity index (χ1v) is 12.3. The Morgan fingerprint density at radius 1 is 1.19 bits per heavy atom. The summed E-state index contributed by atoms with van der Waals surface area (Å²) in [5, 5.41) is 4.06. The number of thiocarbonyl (C=S) groups is 1. The molecular formula is C22H25N5O2S2. The van der Waals surface area contributed by atoms with Gasteiger partial charge in [-0.3, -0.25) is 9.71 Å². The average molecular weight is 456 g/mol. The third-order valence-electron chi connectivity index (χ3n) is 5.39. The normalized spacial score (nSPS) is 18.8. The van der Waals surface area contributed by atoms with Crippen molar-refractivity contribution in [1.82, 2.24) is 14.9 Å². The minimum absolute atomic E-state index is 0.106. The fourth-order valence-electron chi connectivity index (χ4n) is 4.03. The molecule has 3 heterocycles. The first-order chi connectivity index (χ1) is 14.8. The zero-order chi connectivity index (χ0) is 22.2. The van der Waals surface area contributed by atoms with Crippen LogP contribution in [-0.2, 0) is 16.6 Å². The largest absolute Gasteiger partial charge is 0.351 e. The van der Waals surface area contributed by atoms with Crippen LogP contribution in [0.4, 0.5) is 11.4 Å². The highest BCUT2D eigenvalue weighted by Crippen LogP contribution is 2.42. The van der Waals surface area contributed by atoms with Crippen LogP contribution in [0.3, 0.4) is 0 Å². The molecule has 0 bridgehead atoms. The molecule has 1 fully saturated rings. The molecule has 2 aromatic heterocycles. The number of nitrogens with one attached hydrogen (secondary N) is 2. The molecule has 0 radical (unpaired) electrons. The van der Waals surface area contributed by atoms with Crippen molar-refractivity contribution in [3.8, 4) is 0 Å². The van der Waals surface area contributed by atoms with E-state index >= 15 is 0 Å². The van der Waals surface area contributed by atoms with Gasteiger partial charge in [-0.05, 0) is 74.1 Å². The summed E-state index contributed by atoms with van der Waals surface area (Å²) in [6.07, 6.45) is 5.00. The van der Waals surface area contributed by atoms with E-state index in [9.17, 15) is 8.42 Å². The lowest BCUT2D eigenvalue weighted by molar-refractivity contribution is 0.529. The Balaban J connectivity index is 1.80. The van der Waals surface area contributed by atoms with Crippen LogP contribution in [-0.4, -0.2) is 29.3 Å². The fraction of sp³-hybridized carbons (Fsp3) is 0.273. The molecule has 9 heteroatoms. The summed E-state index contributed by atoms with van der Waals surface area (Å²) in [5.41, 5.74) is 4.30. The monoisotopic (exact) mass is 455 g/mol. The maximum absolute atomic E-state index is 11.7. The second-order valence-electron chi connectivity index (χ2n) is 7.59. The van der Waals surface area contributed by atoms with Crippen LogP contribution in [0.5, 0.6) is 0 Å². The lowest BCUT2D eigenvalue weighted by atomic mass is 10.0. The van der Waals surface area contributed by atoms with Gasteiger partial charge in [0.25, 0.3) is 0 Å². The first kappa shape index (κ1) is 21.3. The highest BCUT2D eigenvalue weighted by atomic mass is 32.2. The van der Waals surface area contributed by atoms with Crippen molar-refractivity contribution in [3.63, 3.8) is 0 Å². The maximum atomic E-state index is 11.7. The number of rotatable bonds is 6. The van der Waals surface area contributed by atoms with Gasteiger partial charge < -0.3 is 14.8 Å². The number of hydrogen-bond acceptors (Lipinski definition) is 4. The van der Waals surface area contributed by atoms with Gasteiger partial charge in [-0.1, -0.05) is 6.07 Å². The summed E-state index contributed by atoms with van der Waals surface area (Å²) in [5.74, 6) is 0. The van der Waals surface area contributed by atoms with Crippen molar-refractivity contribution < 1.29 is 8.42 Å². The van der Waals surface area contributed by atoms with Crippen LogP contribution in [0.2, 0.25) is 0 Å². The molecule has 0 saturated carbocycles.